The van der Waals surface area contributed by atoms with E-state index in [0.717, 1.165) is 57.3 Å². The van der Waals surface area contributed by atoms with Gasteiger partial charge in [0.1, 0.15) is 18.3 Å². The van der Waals surface area contributed by atoms with E-state index in [1.807, 2.05) is 24.3 Å². The van der Waals surface area contributed by atoms with Crippen LogP contribution in [0.3, 0.4) is 0 Å². The number of halogens is 3. The van der Waals surface area contributed by atoms with Gasteiger partial charge >= 0.3 is 6.36 Å². The number of carbonyl (C=O) groups is 2. The van der Waals surface area contributed by atoms with Crippen LogP contribution in [0.15, 0.2) is 53.4 Å². The molecule has 1 fully saturated rings. The first-order valence-corrected chi connectivity index (χ1v) is 14.5. The lowest BCUT2D eigenvalue weighted by Crippen LogP contribution is -2.61. The second kappa shape index (κ2) is 12.9. The Kier molecular flexibility index (Phi) is 9.46. The summed E-state index contributed by atoms with van der Waals surface area (Å²) in [5, 5.41) is 14.2. The molecule has 2 heterocycles. The Morgan fingerprint density at radius 1 is 1.05 bits per heavy atom. The molecule has 4 rings (SSSR count). The van der Waals surface area contributed by atoms with E-state index in [2.05, 4.69) is 32.4 Å². The summed E-state index contributed by atoms with van der Waals surface area (Å²) in [5.74, 6) is -1.30. The van der Waals surface area contributed by atoms with E-state index in [1.54, 1.807) is 6.92 Å². The van der Waals surface area contributed by atoms with Crippen LogP contribution in [0.1, 0.15) is 30.3 Å². The zero-order valence-electron chi connectivity index (χ0n) is 22.9. The minimum absolute atomic E-state index is 0.0380. The first-order valence-electron chi connectivity index (χ1n) is 13.1. The van der Waals surface area contributed by atoms with Gasteiger partial charge in [-0.3, -0.25) is 9.59 Å². The molecule has 1 aromatic heterocycles. The molecule has 0 spiro atoms. The van der Waals surface area contributed by atoms with Crippen LogP contribution in [0.4, 0.5) is 13.2 Å². The van der Waals surface area contributed by atoms with Crippen molar-refractivity contribution in [2.24, 2.45) is 0 Å². The van der Waals surface area contributed by atoms with Crippen molar-refractivity contribution < 1.29 is 35.9 Å². The van der Waals surface area contributed by atoms with Gasteiger partial charge in [-0.2, -0.15) is 9.10 Å². The second-order valence-electron chi connectivity index (χ2n) is 9.64. The van der Waals surface area contributed by atoms with Crippen LogP contribution in [0.5, 0.6) is 5.75 Å². The van der Waals surface area contributed by atoms with E-state index >= 15 is 0 Å². The summed E-state index contributed by atoms with van der Waals surface area (Å²) < 4.78 is 69.6. The summed E-state index contributed by atoms with van der Waals surface area (Å²) in [6.45, 7) is 3.01. The zero-order valence-corrected chi connectivity index (χ0v) is 23.7. The fraction of sp³-hybridized carbons (Fsp3) is 0.423. The number of nitrogens with zero attached hydrogens (tertiary/aromatic N) is 6. The Bertz CT molecular complexity index is 1500. The summed E-state index contributed by atoms with van der Waals surface area (Å²) >= 11 is 0. The van der Waals surface area contributed by atoms with E-state index in [-0.39, 0.29) is 37.6 Å². The molecular formula is C26H30F3N7O5S. The predicted octanol–water partition coefficient (Wildman–Crippen LogP) is 2.05. The monoisotopic (exact) mass is 609 g/mol. The Hall–Kier alpha value is -4.05. The van der Waals surface area contributed by atoms with Gasteiger partial charge in [0, 0.05) is 26.2 Å². The van der Waals surface area contributed by atoms with Gasteiger partial charge in [-0.25, -0.2) is 8.42 Å². The first kappa shape index (κ1) is 30.9. The third kappa shape index (κ3) is 7.82. The summed E-state index contributed by atoms with van der Waals surface area (Å²) in [7, 11) is -4.36. The van der Waals surface area contributed by atoms with Crippen LogP contribution in [0.25, 0.3) is 0 Å². The Balaban J connectivity index is 1.54. The van der Waals surface area contributed by atoms with Crippen molar-refractivity contribution in [2.45, 2.75) is 57.1 Å². The van der Waals surface area contributed by atoms with Gasteiger partial charge in [0.25, 0.3) is 0 Å². The Morgan fingerprint density at radius 2 is 1.71 bits per heavy atom. The smallest absolute Gasteiger partial charge is 0.406 e. The average Bonchev–Trinajstić information content (AvgIpc) is 3.35. The normalized spacial score (nSPS) is 16.3. The summed E-state index contributed by atoms with van der Waals surface area (Å²) in [6.07, 6.45) is -3.04. The zero-order chi connectivity index (χ0) is 30.5. The number of sulfonamides is 1. The number of ether oxygens (including phenoxy) is 1. The minimum Gasteiger partial charge on any atom is -0.406 e. The number of amides is 2. The number of nitrogens with one attached hydrogen (secondary N) is 1. The fourth-order valence-corrected chi connectivity index (χ4v) is 6.04. The largest absolute Gasteiger partial charge is 0.573 e. The van der Waals surface area contributed by atoms with Crippen molar-refractivity contribution in [2.75, 3.05) is 19.6 Å². The molecule has 226 valence electrons. The van der Waals surface area contributed by atoms with Crippen LogP contribution in [0, 0.1) is 6.92 Å². The van der Waals surface area contributed by atoms with Gasteiger partial charge in [0.05, 0.1) is 4.90 Å². The average molecular weight is 610 g/mol. The number of alkyl halides is 3. The number of aromatic nitrogens is 4. The van der Waals surface area contributed by atoms with Crippen molar-refractivity contribution in [1.29, 1.82) is 0 Å². The summed E-state index contributed by atoms with van der Waals surface area (Å²) in [5.41, 5.74) is 1.95. The van der Waals surface area contributed by atoms with Crippen LogP contribution < -0.4 is 10.1 Å². The molecule has 42 heavy (non-hydrogen) atoms. The number of benzene rings is 2. The minimum atomic E-state index is -4.94. The topological polar surface area (TPSA) is 140 Å². The van der Waals surface area contributed by atoms with Crippen molar-refractivity contribution in [3.8, 4) is 5.75 Å². The number of hydrogen-bond donors (Lipinski definition) is 1. The molecule has 1 N–H and O–H groups in total. The predicted molar refractivity (Wildman–Crippen MR) is 142 cm³/mol. The van der Waals surface area contributed by atoms with Gasteiger partial charge in [0.2, 0.25) is 21.8 Å². The molecular weight excluding hydrogens is 579 g/mol. The lowest BCUT2D eigenvalue weighted by molar-refractivity contribution is -0.274. The molecule has 1 saturated heterocycles. The standard InChI is InChI=1S/C26H30F3N7O5S/c1-3-4-19-5-7-20(8-6-19)15-30-25(38)23-16-34(24(37)17-36-32-18(2)31-33-36)13-14-35(23)42(39,40)22-11-9-21(10-12-22)41-26(27,28)29/h5-12,23H,3-4,13-17H2,1-2H3,(H,30,38)/t23-/m1/s1. The van der Waals surface area contributed by atoms with Gasteiger partial charge in [-0.05, 0) is 54.0 Å². The maximum atomic E-state index is 13.6. The molecule has 1 atom stereocenters. The molecule has 0 radical (unpaired) electrons. The Labute approximate surface area is 240 Å². The molecule has 2 amide bonds. The molecule has 1 aliphatic heterocycles. The fourth-order valence-electron chi connectivity index (χ4n) is 4.47. The third-order valence-corrected chi connectivity index (χ3v) is 8.43. The second-order valence-corrected chi connectivity index (χ2v) is 11.5. The summed E-state index contributed by atoms with van der Waals surface area (Å²) in [6, 6.07) is 10.0. The van der Waals surface area contributed by atoms with Crippen LogP contribution in [-0.2, 0) is 39.1 Å². The molecule has 0 saturated carbocycles. The third-order valence-electron chi connectivity index (χ3n) is 6.51. The number of rotatable bonds is 10. The molecule has 0 unspecified atom stereocenters. The van der Waals surface area contributed by atoms with Gasteiger partial charge in [0.15, 0.2) is 5.82 Å². The maximum absolute atomic E-state index is 13.6. The highest BCUT2D eigenvalue weighted by atomic mass is 32.2. The molecule has 3 aromatic rings. The van der Waals surface area contributed by atoms with E-state index in [4.69, 9.17) is 0 Å². The SMILES string of the molecule is CCCc1ccc(CNC(=O)[C@H]2CN(C(=O)Cn3nnc(C)n3)CCN2S(=O)(=O)c2ccc(OC(F)(F)F)cc2)cc1. The highest BCUT2D eigenvalue weighted by Crippen LogP contribution is 2.27. The van der Waals surface area contributed by atoms with Gasteiger partial charge < -0.3 is 15.0 Å². The van der Waals surface area contributed by atoms with E-state index < -0.39 is 40.0 Å². The van der Waals surface area contributed by atoms with E-state index in [0.29, 0.717) is 5.82 Å². The number of carbonyl (C=O) groups excluding carboxylic acids is 2. The number of aryl methyl sites for hydroxylation is 2. The van der Waals surface area contributed by atoms with Crippen molar-refractivity contribution in [3.63, 3.8) is 0 Å². The highest BCUT2D eigenvalue weighted by Gasteiger charge is 2.41. The molecule has 0 aliphatic carbocycles. The first-order chi connectivity index (χ1) is 19.9. The molecule has 12 nitrogen and oxygen atoms in total. The lowest BCUT2D eigenvalue weighted by atomic mass is 10.1. The van der Waals surface area contributed by atoms with Crippen molar-refractivity contribution >= 4 is 21.8 Å². The van der Waals surface area contributed by atoms with Crippen LogP contribution >= 0.6 is 0 Å². The van der Waals surface area contributed by atoms with Crippen molar-refractivity contribution in [3.05, 3.63) is 65.5 Å². The van der Waals surface area contributed by atoms with Gasteiger partial charge in [-0.1, -0.05) is 37.6 Å². The van der Waals surface area contributed by atoms with Crippen molar-refractivity contribution in [1.82, 2.24) is 34.7 Å². The van der Waals surface area contributed by atoms with E-state index in [9.17, 15) is 31.2 Å². The Morgan fingerprint density at radius 3 is 2.31 bits per heavy atom. The molecule has 2 aromatic carbocycles. The number of hydrogen-bond acceptors (Lipinski definition) is 8. The quantitative estimate of drug-likeness (QED) is 0.369. The molecule has 1 aliphatic rings. The number of tetrazole rings is 1. The van der Waals surface area contributed by atoms with E-state index in [1.165, 1.54) is 4.90 Å². The maximum Gasteiger partial charge on any atom is 0.573 e. The molecule has 0 bridgehead atoms. The number of piperazine rings is 1. The lowest BCUT2D eigenvalue weighted by Gasteiger charge is -2.39. The molecule has 16 heteroatoms. The van der Waals surface area contributed by atoms with Crippen LogP contribution in [-0.4, -0.2) is 81.7 Å². The van der Waals surface area contributed by atoms with Crippen LogP contribution in [0.2, 0.25) is 0 Å². The van der Waals surface area contributed by atoms with Gasteiger partial charge in [-0.15, -0.1) is 23.4 Å². The summed E-state index contributed by atoms with van der Waals surface area (Å²) in [4.78, 5) is 28.5. The highest BCUT2D eigenvalue weighted by molar-refractivity contribution is 7.89.